The highest BCUT2D eigenvalue weighted by Crippen LogP contribution is 2.56. The summed E-state index contributed by atoms with van der Waals surface area (Å²) in [6, 6.07) is 49.2. The number of benzene rings is 6. The molecule has 8 rings (SSSR count). The average Bonchev–Trinajstić information content (AvgIpc) is 3.10. The van der Waals surface area contributed by atoms with Gasteiger partial charge in [0.05, 0.1) is 0 Å². The van der Waals surface area contributed by atoms with Crippen LogP contribution in [0.5, 0.6) is 0 Å². The predicted molar refractivity (Wildman–Crippen MR) is 191 cm³/mol. The molecule has 1 aliphatic carbocycles. The molecule has 0 bridgehead atoms. The van der Waals surface area contributed by atoms with Gasteiger partial charge in [-0.05, 0) is 61.7 Å². The van der Waals surface area contributed by atoms with E-state index in [9.17, 15) is 0 Å². The van der Waals surface area contributed by atoms with E-state index in [2.05, 4.69) is 131 Å². The van der Waals surface area contributed by atoms with Crippen molar-refractivity contribution in [2.75, 3.05) is 0 Å². The van der Waals surface area contributed by atoms with E-state index in [1.165, 1.54) is 33.2 Å². The fourth-order valence-electron chi connectivity index (χ4n) is 7.16. The molecular weight excluding hydrogens is 558 g/mol. The maximum Gasteiger partial charge on any atom is 0.164 e. The Balaban J connectivity index is 1.45. The lowest BCUT2D eigenvalue weighted by Gasteiger charge is -2.49. The number of aromatic nitrogens is 3. The van der Waals surface area contributed by atoms with Crippen LogP contribution in [0, 0.1) is 0 Å². The Morgan fingerprint density at radius 1 is 0.370 bits per heavy atom. The van der Waals surface area contributed by atoms with Gasteiger partial charge < -0.3 is 0 Å². The molecule has 0 aliphatic heterocycles. The van der Waals surface area contributed by atoms with Crippen LogP contribution >= 0.6 is 0 Å². The molecule has 6 aromatic carbocycles. The summed E-state index contributed by atoms with van der Waals surface area (Å²) in [7, 11) is 0. The van der Waals surface area contributed by atoms with Gasteiger partial charge >= 0.3 is 0 Å². The number of nitrogens with zero attached hydrogens (tertiary/aromatic N) is 3. The molecule has 1 aliphatic rings. The molecule has 222 valence electrons. The minimum Gasteiger partial charge on any atom is -0.208 e. The molecule has 1 aromatic heterocycles. The quantitative estimate of drug-likeness (QED) is 0.204. The third-order valence-electron chi connectivity index (χ3n) is 10.3. The molecule has 46 heavy (non-hydrogen) atoms. The number of hydrogen-bond acceptors (Lipinski definition) is 3. The minimum atomic E-state index is -0.167. The monoisotopic (exact) mass is 593 g/mol. The Labute approximate surface area is 270 Å². The van der Waals surface area contributed by atoms with Crippen molar-refractivity contribution >= 4 is 10.8 Å². The Kier molecular flexibility index (Phi) is 6.47. The van der Waals surface area contributed by atoms with E-state index in [4.69, 9.17) is 15.0 Å². The van der Waals surface area contributed by atoms with E-state index >= 15 is 0 Å². The van der Waals surface area contributed by atoms with Gasteiger partial charge in [0.25, 0.3) is 0 Å². The molecule has 3 nitrogen and oxygen atoms in total. The fraction of sp³-hybridized carbons (Fsp3) is 0.140. The van der Waals surface area contributed by atoms with Crippen molar-refractivity contribution in [3.05, 3.63) is 151 Å². The van der Waals surface area contributed by atoms with Crippen molar-refractivity contribution in [1.82, 2.24) is 15.0 Å². The highest BCUT2D eigenvalue weighted by Gasteiger charge is 2.47. The zero-order valence-electron chi connectivity index (χ0n) is 26.6. The summed E-state index contributed by atoms with van der Waals surface area (Å²) in [6.45, 7) is 9.57. The normalized spacial score (nSPS) is 14.4. The van der Waals surface area contributed by atoms with Gasteiger partial charge in [-0.1, -0.05) is 155 Å². The van der Waals surface area contributed by atoms with Crippen molar-refractivity contribution < 1.29 is 0 Å². The van der Waals surface area contributed by atoms with Crippen molar-refractivity contribution in [2.45, 2.75) is 38.5 Å². The van der Waals surface area contributed by atoms with Crippen LogP contribution < -0.4 is 0 Å². The van der Waals surface area contributed by atoms with Crippen LogP contribution in [0.25, 0.3) is 67.2 Å². The van der Waals surface area contributed by atoms with E-state index in [-0.39, 0.29) is 10.8 Å². The first-order chi connectivity index (χ1) is 22.3. The zero-order valence-corrected chi connectivity index (χ0v) is 26.6. The van der Waals surface area contributed by atoms with Crippen molar-refractivity contribution in [3.63, 3.8) is 0 Å². The van der Waals surface area contributed by atoms with E-state index in [1.54, 1.807) is 0 Å². The lowest BCUT2D eigenvalue weighted by Crippen LogP contribution is -2.43. The van der Waals surface area contributed by atoms with Crippen LogP contribution in [-0.2, 0) is 10.8 Å². The molecule has 7 aromatic rings. The lowest BCUT2D eigenvalue weighted by atomic mass is 9.54. The standard InChI is InChI=1S/C43H35N3/c1-42(2)37-25-14-13-22-32(37)33-23-15-24-34(38(33)43(42,3)4)35-26-30-20-11-12-21-31(30)27-36(35)41-45-39(28-16-7-5-8-17-28)44-40(46-41)29-18-9-6-10-19-29/h5-27H,1-4H3. The summed E-state index contributed by atoms with van der Waals surface area (Å²) < 4.78 is 0. The Morgan fingerprint density at radius 2 is 0.826 bits per heavy atom. The summed E-state index contributed by atoms with van der Waals surface area (Å²) in [5.41, 5.74) is 10.3. The summed E-state index contributed by atoms with van der Waals surface area (Å²) in [4.78, 5) is 15.3. The molecular formula is C43H35N3. The molecule has 0 spiro atoms. The molecule has 1 heterocycles. The molecule has 0 N–H and O–H groups in total. The largest absolute Gasteiger partial charge is 0.208 e. The Bertz CT molecular complexity index is 2190. The summed E-state index contributed by atoms with van der Waals surface area (Å²) in [6.07, 6.45) is 0. The van der Waals surface area contributed by atoms with Gasteiger partial charge in [0.15, 0.2) is 17.5 Å². The highest BCUT2D eigenvalue weighted by molar-refractivity contribution is 5.98. The third-order valence-corrected chi connectivity index (χ3v) is 10.3. The van der Waals surface area contributed by atoms with Crippen molar-refractivity contribution in [3.8, 4) is 56.4 Å². The van der Waals surface area contributed by atoms with Gasteiger partial charge in [0.1, 0.15) is 0 Å². The molecule has 0 amide bonds. The van der Waals surface area contributed by atoms with Crippen LogP contribution in [0.3, 0.4) is 0 Å². The van der Waals surface area contributed by atoms with Gasteiger partial charge in [-0.25, -0.2) is 15.0 Å². The smallest absolute Gasteiger partial charge is 0.164 e. The van der Waals surface area contributed by atoms with E-state index in [0.717, 1.165) is 27.6 Å². The van der Waals surface area contributed by atoms with E-state index < -0.39 is 0 Å². The van der Waals surface area contributed by atoms with Gasteiger partial charge in [0, 0.05) is 22.1 Å². The van der Waals surface area contributed by atoms with Crippen LogP contribution in [0.2, 0.25) is 0 Å². The summed E-state index contributed by atoms with van der Waals surface area (Å²) in [5.74, 6) is 1.99. The van der Waals surface area contributed by atoms with Crippen molar-refractivity contribution in [2.24, 2.45) is 0 Å². The zero-order chi connectivity index (χ0) is 31.5. The van der Waals surface area contributed by atoms with Gasteiger partial charge in [-0.15, -0.1) is 0 Å². The highest BCUT2D eigenvalue weighted by atomic mass is 15.0. The average molecular weight is 594 g/mol. The van der Waals surface area contributed by atoms with Crippen LogP contribution in [0.1, 0.15) is 38.8 Å². The Hall–Kier alpha value is -5.41. The molecule has 0 saturated heterocycles. The third kappa shape index (κ3) is 4.38. The number of fused-ring (bicyclic) bond motifs is 4. The van der Waals surface area contributed by atoms with Crippen molar-refractivity contribution in [1.29, 1.82) is 0 Å². The molecule has 0 unspecified atom stereocenters. The predicted octanol–water partition coefficient (Wildman–Crippen LogP) is 10.9. The van der Waals surface area contributed by atoms with E-state index in [0.29, 0.717) is 17.5 Å². The van der Waals surface area contributed by atoms with Crippen LogP contribution in [-0.4, -0.2) is 15.0 Å². The second kappa shape index (κ2) is 10.6. The van der Waals surface area contributed by atoms with Gasteiger partial charge in [-0.3, -0.25) is 0 Å². The first-order valence-electron chi connectivity index (χ1n) is 16.0. The van der Waals surface area contributed by atoms with Crippen LogP contribution in [0.15, 0.2) is 140 Å². The fourth-order valence-corrected chi connectivity index (χ4v) is 7.16. The second-order valence-electron chi connectivity index (χ2n) is 13.3. The summed E-state index contributed by atoms with van der Waals surface area (Å²) in [5, 5.41) is 2.34. The second-order valence-corrected chi connectivity index (χ2v) is 13.3. The Morgan fingerprint density at radius 3 is 1.43 bits per heavy atom. The molecule has 0 radical (unpaired) electrons. The molecule has 0 saturated carbocycles. The summed E-state index contributed by atoms with van der Waals surface area (Å²) >= 11 is 0. The molecule has 3 heteroatoms. The van der Waals surface area contributed by atoms with Gasteiger partial charge in [0.2, 0.25) is 0 Å². The first-order valence-corrected chi connectivity index (χ1v) is 16.0. The lowest BCUT2D eigenvalue weighted by molar-refractivity contribution is 0.300. The van der Waals surface area contributed by atoms with Crippen LogP contribution in [0.4, 0.5) is 0 Å². The van der Waals surface area contributed by atoms with Gasteiger partial charge in [-0.2, -0.15) is 0 Å². The maximum absolute atomic E-state index is 5.18. The number of rotatable bonds is 4. The number of hydrogen-bond donors (Lipinski definition) is 0. The van der Waals surface area contributed by atoms with E-state index in [1.807, 2.05) is 36.4 Å². The SMILES string of the molecule is CC1(C)c2ccccc2-c2cccc(-c3cc4ccccc4cc3-c3nc(-c4ccccc4)nc(-c4ccccc4)n3)c2C1(C)C. The first kappa shape index (κ1) is 28.1. The topological polar surface area (TPSA) is 38.7 Å². The molecule has 0 atom stereocenters. The minimum absolute atomic E-state index is 0.0994. The molecule has 0 fully saturated rings. The maximum atomic E-state index is 5.18.